The molecule has 2 aromatic rings. The van der Waals surface area contributed by atoms with Crippen molar-refractivity contribution in [3.05, 3.63) is 65.0 Å². The van der Waals surface area contributed by atoms with E-state index in [9.17, 15) is 17.6 Å². The first kappa shape index (κ1) is 15.8. The van der Waals surface area contributed by atoms with E-state index in [1.807, 2.05) is 0 Å². The Labute approximate surface area is 127 Å². The van der Waals surface area contributed by atoms with Gasteiger partial charge in [-0.2, -0.15) is 13.2 Å². The number of alkyl halides is 4. The highest BCUT2D eigenvalue weighted by molar-refractivity contribution is 9.08. The molecule has 0 radical (unpaired) electrons. The van der Waals surface area contributed by atoms with Crippen LogP contribution in [-0.2, 0) is 18.1 Å². The van der Waals surface area contributed by atoms with Gasteiger partial charge in [0.1, 0.15) is 18.2 Å². The lowest BCUT2D eigenvalue weighted by atomic mass is 10.1. The van der Waals surface area contributed by atoms with Crippen molar-refractivity contribution < 1.29 is 22.3 Å². The molecule has 0 aromatic heterocycles. The Morgan fingerprint density at radius 3 is 2.38 bits per heavy atom. The molecule has 1 nitrogen and oxygen atoms in total. The molecule has 0 amide bonds. The molecule has 112 valence electrons. The molecule has 0 heterocycles. The van der Waals surface area contributed by atoms with Crippen molar-refractivity contribution in [1.29, 1.82) is 0 Å². The van der Waals surface area contributed by atoms with Crippen LogP contribution in [-0.4, -0.2) is 0 Å². The van der Waals surface area contributed by atoms with Crippen LogP contribution in [0.25, 0.3) is 0 Å². The summed E-state index contributed by atoms with van der Waals surface area (Å²) in [6, 6.07) is 9.60. The van der Waals surface area contributed by atoms with Crippen molar-refractivity contribution in [3.8, 4) is 5.75 Å². The van der Waals surface area contributed by atoms with Gasteiger partial charge in [-0.25, -0.2) is 4.39 Å². The molecule has 0 aliphatic heterocycles. The highest BCUT2D eigenvalue weighted by atomic mass is 79.9. The van der Waals surface area contributed by atoms with Gasteiger partial charge in [-0.15, -0.1) is 0 Å². The summed E-state index contributed by atoms with van der Waals surface area (Å²) in [7, 11) is 0. The van der Waals surface area contributed by atoms with E-state index in [2.05, 4.69) is 15.9 Å². The first-order valence-corrected chi connectivity index (χ1v) is 7.16. The Kier molecular flexibility index (Phi) is 4.88. The second-order valence-corrected chi connectivity index (χ2v) is 4.90. The van der Waals surface area contributed by atoms with Gasteiger partial charge in [0.15, 0.2) is 0 Å². The van der Waals surface area contributed by atoms with Gasteiger partial charge >= 0.3 is 6.18 Å². The van der Waals surface area contributed by atoms with Crippen LogP contribution in [0, 0.1) is 5.82 Å². The standard InChI is InChI=1S/C15H11BrF4O/c16-8-10-5-6-14(12(7-10)15(18,19)20)21-9-11-3-1-2-4-13(11)17/h1-7H,8-9H2. The third kappa shape index (κ3) is 3.97. The van der Waals surface area contributed by atoms with Crippen LogP contribution in [0.4, 0.5) is 17.6 Å². The topological polar surface area (TPSA) is 9.23 Å². The lowest BCUT2D eigenvalue weighted by molar-refractivity contribution is -0.139. The fourth-order valence-corrected chi connectivity index (χ4v) is 2.13. The van der Waals surface area contributed by atoms with Gasteiger partial charge in [0.25, 0.3) is 0 Å². The molecule has 0 unspecified atom stereocenters. The monoisotopic (exact) mass is 362 g/mol. The molecule has 0 aliphatic carbocycles. The lowest BCUT2D eigenvalue weighted by Crippen LogP contribution is -2.09. The fraction of sp³-hybridized carbons (Fsp3) is 0.200. The van der Waals surface area contributed by atoms with Gasteiger partial charge in [0.2, 0.25) is 0 Å². The normalized spacial score (nSPS) is 11.5. The summed E-state index contributed by atoms with van der Waals surface area (Å²) in [5.41, 5.74) is -0.174. The highest BCUT2D eigenvalue weighted by Crippen LogP contribution is 2.37. The Bertz CT molecular complexity index is 625. The van der Waals surface area contributed by atoms with E-state index in [1.54, 1.807) is 6.07 Å². The number of ether oxygens (including phenoxy) is 1. The minimum Gasteiger partial charge on any atom is -0.488 e. The molecule has 0 N–H and O–H groups in total. The van der Waals surface area contributed by atoms with E-state index >= 15 is 0 Å². The first-order valence-electron chi connectivity index (χ1n) is 6.04. The molecule has 0 aliphatic rings. The van der Waals surface area contributed by atoms with Gasteiger partial charge in [-0.1, -0.05) is 40.2 Å². The van der Waals surface area contributed by atoms with Gasteiger partial charge in [0, 0.05) is 10.9 Å². The summed E-state index contributed by atoms with van der Waals surface area (Å²) in [5.74, 6) is -0.821. The van der Waals surface area contributed by atoms with Crippen LogP contribution in [0.2, 0.25) is 0 Å². The predicted octanol–water partition coefficient (Wildman–Crippen LogP) is 5.32. The van der Waals surface area contributed by atoms with E-state index in [0.717, 1.165) is 6.07 Å². The van der Waals surface area contributed by atoms with Gasteiger partial charge in [-0.3, -0.25) is 0 Å². The Balaban J connectivity index is 2.26. The van der Waals surface area contributed by atoms with E-state index < -0.39 is 17.6 Å². The molecule has 0 atom stereocenters. The fourth-order valence-electron chi connectivity index (χ4n) is 1.78. The maximum Gasteiger partial charge on any atom is 0.419 e. The average Bonchev–Trinajstić information content (AvgIpc) is 2.45. The predicted molar refractivity (Wildman–Crippen MR) is 74.8 cm³/mol. The first-order chi connectivity index (χ1) is 9.91. The summed E-state index contributed by atoms with van der Waals surface area (Å²) < 4.78 is 57.6. The van der Waals surface area contributed by atoms with Crippen molar-refractivity contribution in [2.24, 2.45) is 0 Å². The SMILES string of the molecule is Fc1ccccc1COc1ccc(CBr)cc1C(F)(F)F. The van der Waals surface area contributed by atoms with Crippen molar-refractivity contribution in [2.75, 3.05) is 0 Å². The van der Waals surface area contributed by atoms with Gasteiger partial charge in [-0.05, 0) is 23.8 Å². The molecule has 2 aromatic carbocycles. The highest BCUT2D eigenvalue weighted by Gasteiger charge is 2.34. The summed E-state index contributed by atoms with van der Waals surface area (Å²) in [6.07, 6.45) is -4.53. The van der Waals surface area contributed by atoms with Crippen LogP contribution in [0.3, 0.4) is 0 Å². The minimum absolute atomic E-state index is 0.204. The number of benzene rings is 2. The largest absolute Gasteiger partial charge is 0.488 e. The number of rotatable bonds is 4. The van der Waals surface area contributed by atoms with Crippen molar-refractivity contribution in [2.45, 2.75) is 18.1 Å². The van der Waals surface area contributed by atoms with Gasteiger partial charge < -0.3 is 4.74 Å². The maximum absolute atomic E-state index is 13.4. The zero-order chi connectivity index (χ0) is 15.5. The van der Waals surface area contributed by atoms with Crippen LogP contribution >= 0.6 is 15.9 Å². The molecule has 0 fully saturated rings. The Morgan fingerprint density at radius 1 is 1.05 bits per heavy atom. The summed E-state index contributed by atoms with van der Waals surface area (Å²) in [6.45, 7) is -0.261. The molecular formula is C15H11BrF4O. The molecular weight excluding hydrogens is 352 g/mol. The second kappa shape index (κ2) is 6.47. The summed E-state index contributed by atoms with van der Waals surface area (Å²) >= 11 is 3.11. The Morgan fingerprint density at radius 2 is 1.76 bits per heavy atom. The zero-order valence-corrected chi connectivity index (χ0v) is 12.3. The van der Waals surface area contributed by atoms with E-state index in [-0.39, 0.29) is 17.9 Å². The van der Waals surface area contributed by atoms with Crippen LogP contribution in [0.5, 0.6) is 5.75 Å². The smallest absolute Gasteiger partial charge is 0.419 e. The minimum atomic E-state index is -4.53. The summed E-state index contributed by atoms with van der Waals surface area (Å²) in [4.78, 5) is 0. The Hall–Kier alpha value is -1.56. The maximum atomic E-state index is 13.4. The summed E-state index contributed by atoms with van der Waals surface area (Å²) in [5, 5.41) is 0.309. The molecule has 6 heteroatoms. The van der Waals surface area contributed by atoms with Crippen LogP contribution < -0.4 is 4.74 Å². The van der Waals surface area contributed by atoms with E-state index in [0.29, 0.717) is 10.9 Å². The zero-order valence-electron chi connectivity index (χ0n) is 10.8. The molecule has 21 heavy (non-hydrogen) atoms. The van der Waals surface area contributed by atoms with Crippen LogP contribution in [0.15, 0.2) is 42.5 Å². The van der Waals surface area contributed by atoms with Crippen molar-refractivity contribution in [1.82, 2.24) is 0 Å². The molecule has 2 rings (SSSR count). The van der Waals surface area contributed by atoms with Crippen molar-refractivity contribution in [3.63, 3.8) is 0 Å². The molecule has 0 saturated carbocycles. The van der Waals surface area contributed by atoms with E-state index in [4.69, 9.17) is 4.74 Å². The van der Waals surface area contributed by atoms with E-state index in [1.165, 1.54) is 30.3 Å². The lowest BCUT2D eigenvalue weighted by Gasteiger charge is -2.15. The quantitative estimate of drug-likeness (QED) is 0.528. The van der Waals surface area contributed by atoms with Crippen molar-refractivity contribution >= 4 is 15.9 Å². The second-order valence-electron chi connectivity index (χ2n) is 4.34. The number of halogens is 5. The van der Waals surface area contributed by atoms with Gasteiger partial charge in [0.05, 0.1) is 5.56 Å². The van der Waals surface area contributed by atoms with Crippen LogP contribution in [0.1, 0.15) is 16.7 Å². The molecule has 0 spiro atoms. The third-order valence-electron chi connectivity index (χ3n) is 2.84. The average molecular weight is 363 g/mol. The molecule has 0 bridgehead atoms. The number of hydrogen-bond donors (Lipinski definition) is 0. The molecule has 0 saturated heterocycles. The number of hydrogen-bond acceptors (Lipinski definition) is 1. The third-order valence-corrected chi connectivity index (χ3v) is 3.49.